The van der Waals surface area contributed by atoms with Crippen LogP contribution in [0.3, 0.4) is 0 Å². The van der Waals surface area contributed by atoms with Gasteiger partial charge in [0.2, 0.25) is 0 Å². The van der Waals surface area contributed by atoms with Crippen LogP contribution in [0.15, 0.2) is 48.7 Å². The molecule has 2 aromatic carbocycles. The molecular weight excluding hydrogens is 466 g/mol. The standard InChI is InChI=1S/C29H33N5O3/c1-5-22-16-34(17-25-27(37-22)7-6-12-30-25)15-21-13-20(9-8-18(21)2)24(14-28(35)36)23-10-11-26-29(19(23)3)31-32-33(26)4/h6-13,22,24H,5,14-17H2,1-4H3,(H,35,36)/t22-,24+/m1/s1. The van der Waals surface area contributed by atoms with Gasteiger partial charge in [0.15, 0.2) is 0 Å². The van der Waals surface area contributed by atoms with Crippen LogP contribution in [-0.4, -0.2) is 48.6 Å². The van der Waals surface area contributed by atoms with Gasteiger partial charge < -0.3 is 9.84 Å². The number of nitrogens with zero attached hydrogens (tertiary/aromatic N) is 5. The van der Waals surface area contributed by atoms with E-state index in [-0.39, 0.29) is 18.4 Å². The molecule has 5 rings (SSSR count). The number of benzene rings is 2. The molecule has 37 heavy (non-hydrogen) atoms. The Morgan fingerprint density at radius 2 is 2.05 bits per heavy atom. The fraction of sp³-hybridized carbons (Fsp3) is 0.379. The van der Waals surface area contributed by atoms with Crippen molar-refractivity contribution in [1.82, 2.24) is 24.9 Å². The number of aromatic nitrogens is 4. The molecule has 2 atom stereocenters. The normalized spacial score (nSPS) is 16.7. The van der Waals surface area contributed by atoms with Gasteiger partial charge in [0.05, 0.1) is 17.6 Å². The number of aryl methyl sites for hydroxylation is 3. The van der Waals surface area contributed by atoms with Crippen LogP contribution < -0.4 is 4.74 Å². The maximum Gasteiger partial charge on any atom is 0.304 e. The average molecular weight is 500 g/mol. The van der Waals surface area contributed by atoms with Gasteiger partial charge in [0.1, 0.15) is 17.4 Å². The van der Waals surface area contributed by atoms with E-state index >= 15 is 0 Å². The van der Waals surface area contributed by atoms with Crippen LogP contribution >= 0.6 is 0 Å². The van der Waals surface area contributed by atoms with E-state index in [4.69, 9.17) is 4.74 Å². The predicted octanol–water partition coefficient (Wildman–Crippen LogP) is 4.76. The highest BCUT2D eigenvalue weighted by Crippen LogP contribution is 2.35. The van der Waals surface area contributed by atoms with Crippen molar-refractivity contribution in [2.45, 2.75) is 58.7 Å². The Morgan fingerprint density at radius 3 is 2.84 bits per heavy atom. The van der Waals surface area contributed by atoms with Crippen LogP contribution in [0.5, 0.6) is 5.75 Å². The van der Waals surface area contributed by atoms with Crippen molar-refractivity contribution >= 4 is 17.0 Å². The Balaban J connectivity index is 1.50. The van der Waals surface area contributed by atoms with Crippen molar-refractivity contribution in [3.05, 3.63) is 82.2 Å². The van der Waals surface area contributed by atoms with Gasteiger partial charge in [-0.25, -0.2) is 4.68 Å². The fourth-order valence-electron chi connectivity index (χ4n) is 5.29. The van der Waals surface area contributed by atoms with Gasteiger partial charge in [0.25, 0.3) is 0 Å². The lowest BCUT2D eigenvalue weighted by Gasteiger charge is -2.25. The molecule has 0 amide bonds. The molecule has 8 nitrogen and oxygen atoms in total. The van der Waals surface area contributed by atoms with Gasteiger partial charge in [-0.05, 0) is 66.3 Å². The van der Waals surface area contributed by atoms with Crippen LogP contribution in [0.2, 0.25) is 0 Å². The minimum Gasteiger partial charge on any atom is -0.487 e. The van der Waals surface area contributed by atoms with Gasteiger partial charge in [-0.1, -0.05) is 36.4 Å². The summed E-state index contributed by atoms with van der Waals surface area (Å²) in [6.07, 6.45) is 2.82. The molecule has 8 heteroatoms. The maximum atomic E-state index is 12.0. The van der Waals surface area contributed by atoms with Gasteiger partial charge >= 0.3 is 5.97 Å². The second kappa shape index (κ2) is 10.3. The summed E-state index contributed by atoms with van der Waals surface area (Å²) in [5.74, 6) is -0.260. The minimum atomic E-state index is -0.830. The summed E-state index contributed by atoms with van der Waals surface area (Å²) in [4.78, 5) is 18.9. The molecule has 4 aromatic rings. The van der Waals surface area contributed by atoms with E-state index in [0.717, 1.165) is 58.7 Å². The molecule has 0 saturated carbocycles. The number of hydrogen-bond donors (Lipinski definition) is 1. The van der Waals surface area contributed by atoms with E-state index in [9.17, 15) is 9.90 Å². The zero-order chi connectivity index (χ0) is 26.1. The predicted molar refractivity (Wildman–Crippen MR) is 142 cm³/mol. The zero-order valence-corrected chi connectivity index (χ0v) is 21.8. The fourth-order valence-corrected chi connectivity index (χ4v) is 5.29. The third kappa shape index (κ3) is 5.06. The van der Waals surface area contributed by atoms with Crippen molar-refractivity contribution in [3.63, 3.8) is 0 Å². The maximum absolute atomic E-state index is 12.0. The summed E-state index contributed by atoms with van der Waals surface area (Å²) in [6, 6.07) is 14.3. The molecule has 0 saturated heterocycles. The van der Waals surface area contributed by atoms with Gasteiger partial charge in [-0.3, -0.25) is 14.7 Å². The van der Waals surface area contributed by atoms with Crippen LogP contribution in [-0.2, 0) is 24.9 Å². The molecule has 3 heterocycles. The first-order chi connectivity index (χ1) is 17.8. The Bertz CT molecular complexity index is 1450. The van der Waals surface area contributed by atoms with Gasteiger partial charge in [-0.2, -0.15) is 0 Å². The zero-order valence-electron chi connectivity index (χ0n) is 21.8. The van der Waals surface area contributed by atoms with E-state index in [1.807, 2.05) is 44.4 Å². The average Bonchev–Trinajstić information content (AvgIpc) is 3.16. The number of rotatable bonds is 7. The molecule has 1 N–H and O–H groups in total. The quantitative estimate of drug-likeness (QED) is 0.392. The SMILES string of the molecule is CC[C@@H]1CN(Cc2cc([C@H](CC(=O)O)c3ccc4c(nnn4C)c3C)ccc2C)Cc2ncccc2O1. The topological polar surface area (TPSA) is 93.4 Å². The van der Waals surface area contributed by atoms with Gasteiger partial charge in [-0.15, -0.1) is 5.10 Å². The molecule has 0 spiro atoms. The summed E-state index contributed by atoms with van der Waals surface area (Å²) < 4.78 is 7.98. The number of carboxylic acid groups (broad SMARTS) is 1. The molecule has 0 fully saturated rings. The smallest absolute Gasteiger partial charge is 0.304 e. The van der Waals surface area contributed by atoms with E-state index < -0.39 is 5.97 Å². The van der Waals surface area contributed by atoms with Gasteiger partial charge in [0, 0.05) is 38.8 Å². The number of carbonyl (C=O) groups is 1. The Morgan fingerprint density at radius 1 is 1.22 bits per heavy atom. The second-order valence-electron chi connectivity index (χ2n) is 9.96. The van der Waals surface area contributed by atoms with Crippen molar-refractivity contribution in [3.8, 4) is 5.75 Å². The molecule has 0 aliphatic carbocycles. The van der Waals surface area contributed by atoms with E-state index in [1.165, 1.54) is 11.1 Å². The van der Waals surface area contributed by atoms with Crippen LogP contribution in [0.25, 0.3) is 11.0 Å². The van der Waals surface area contributed by atoms with Crippen molar-refractivity contribution in [2.75, 3.05) is 6.54 Å². The number of carboxylic acids is 1. The van der Waals surface area contributed by atoms with Crippen molar-refractivity contribution < 1.29 is 14.6 Å². The summed E-state index contributed by atoms with van der Waals surface area (Å²) in [7, 11) is 1.86. The summed E-state index contributed by atoms with van der Waals surface area (Å²) in [6.45, 7) is 8.50. The highest BCUT2D eigenvalue weighted by atomic mass is 16.5. The van der Waals surface area contributed by atoms with E-state index in [2.05, 4.69) is 52.2 Å². The highest BCUT2D eigenvalue weighted by molar-refractivity contribution is 5.80. The number of hydrogen-bond acceptors (Lipinski definition) is 6. The molecule has 0 radical (unpaired) electrons. The van der Waals surface area contributed by atoms with Crippen molar-refractivity contribution in [2.24, 2.45) is 7.05 Å². The monoisotopic (exact) mass is 499 g/mol. The first-order valence-electron chi connectivity index (χ1n) is 12.8. The van der Waals surface area contributed by atoms with Crippen molar-refractivity contribution in [1.29, 1.82) is 0 Å². The molecule has 1 aliphatic rings. The lowest BCUT2D eigenvalue weighted by molar-refractivity contribution is -0.137. The molecule has 0 bridgehead atoms. The number of pyridine rings is 1. The van der Waals surface area contributed by atoms with Crippen LogP contribution in [0, 0.1) is 13.8 Å². The Labute approximate surface area is 216 Å². The molecule has 2 aromatic heterocycles. The van der Waals surface area contributed by atoms with E-state index in [1.54, 1.807) is 4.68 Å². The molecule has 0 unspecified atom stereocenters. The van der Waals surface area contributed by atoms with E-state index in [0.29, 0.717) is 6.54 Å². The molecule has 192 valence electrons. The summed E-state index contributed by atoms with van der Waals surface area (Å²) >= 11 is 0. The second-order valence-corrected chi connectivity index (χ2v) is 9.96. The number of aliphatic carboxylic acids is 1. The minimum absolute atomic E-state index is 0.00185. The van der Waals surface area contributed by atoms with Crippen LogP contribution in [0.1, 0.15) is 59.2 Å². The summed E-state index contributed by atoms with van der Waals surface area (Å²) in [5.41, 5.74) is 7.98. The lowest BCUT2D eigenvalue weighted by atomic mass is 9.84. The largest absolute Gasteiger partial charge is 0.487 e. The number of ether oxygens (including phenoxy) is 1. The third-order valence-corrected chi connectivity index (χ3v) is 7.44. The third-order valence-electron chi connectivity index (χ3n) is 7.44. The lowest BCUT2D eigenvalue weighted by Crippen LogP contribution is -2.32. The first kappa shape index (κ1) is 24.9. The number of fused-ring (bicyclic) bond motifs is 2. The first-order valence-corrected chi connectivity index (χ1v) is 12.8. The summed E-state index contributed by atoms with van der Waals surface area (Å²) in [5, 5.41) is 18.3. The Hall–Kier alpha value is -3.78. The highest BCUT2D eigenvalue weighted by Gasteiger charge is 2.25. The van der Waals surface area contributed by atoms with Crippen LogP contribution in [0.4, 0.5) is 0 Å². The molecule has 1 aliphatic heterocycles. The molecular formula is C29H33N5O3. The Kier molecular flexibility index (Phi) is 6.93.